The number of thioether (sulfide) groups is 1. The third-order valence-corrected chi connectivity index (χ3v) is 5.63. The first-order chi connectivity index (χ1) is 8.88. The van der Waals surface area contributed by atoms with Crippen LogP contribution in [0.15, 0.2) is 75.4 Å². The van der Waals surface area contributed by atoms with Gasteiger partial charge < -0.3 is 0 Å². The number of aliphatic hydroxyl groups is 1. The minimum atomic E-state index is 0.134. The summed E-state index contributed by atoms with van der Waals surface area (Å²) < 4.78 is 2.39. The van der Waals surface area contributed by atoms with Gasteiger partial charge in [0, 0.05) is 0 Å². The third kappa shape index (κ3) is 4.35. The van der Waals surface area contributed by atoms with Gasteiger partial charge in [-0.05, 0) is 0 Å². The number of benzene rings is 2. The Morgan fingerprint density at radius 2 is 1.61 bits per heavy atom. The van der Waals surface area contributed by atoms with Crippen LogP contribution in [-0.4, -0.2) is 26.7 Å². The van der Waals surface area contributed by atoms with Crippen LogP contribution in [-0.2, 0) is 0 Å². The molecule has 1 nitrogen and oxygen atoms in total. The van der Waals surface area contributed by atoms with Crippen molar-refractivity contribution in [3.8, 4) is 0 Å². The van der Waals surface area contributed by atoms with Crippen LogP contribution in [0.2, 0.25) is 0 Å². The summed E-state index contributed by atoms with van der Waals surface area (Å²) in [4.78, 5) is 1.20. The second kappa shape index (κ2) is 7.45. The predicted molar refractivity (Wildman–Crippen MR) is 79.3 cm³/mol. The number of rotatable bonds is 5. The summed E-state index contributed by atoms with van der Waals surface area (Å²) in [7, 11) is 0. The van der Waals surface area contributed by atoms with Crippen LogP contribution in [0, 0.1) is 0 Å². The van der Waals surface area contributed by atoms with Gasteiger partial charge in [0.1, 0.15) is 0 Å². The van der Waals surface area contributed by atoms with E-state index < -0.39 is 0 Å². The zero-order valence-electron chi connectivity index (χ0n) is 9.82. The topological polar surface area (TPSA) is 20.2 Å². The van der Waals surface area contributed by atoms with E-state index in [9.17, 15) is 5.11 Å². The van der Waals surface area contributed by atoms with Crippen LogP contribution in [0.1, 0.15) is 0 Å². The van der Waals surface area contributed by atoms with Crippen molar-refractivity contribution in [1.82, 2.24) is 0 Å². The van der Waals surface area contributed by atoms with Gasteiger partial charge in [0.15, 0.2) is 0 Å². The summed E-state index contributed by atoms with van der Waals surface area (Å²) in [5, 5.41) is 11.5. The summed E-state index contributed by atoms with van der Waals surface area (Å²) in [6.07, 6.45) is 0. The van der Waals surface area contributed by atoms with Gasteiger partial charge >= 0.3 is 118 Å². The first kappa shape index (κ1) is 13.4. The summed E-state index contributed by atoms with van der Waals surface area (Å²) in [5.41, 5.74) is 0. The Morgan fingerprint density at radius 1 is 1.00 bits per heavy atom. The van der Waals surface area contributed by atoms with Crippen LogP contribution in [0.3, 0.4) is 0 Å². The van der Waals surface area contributed by atoms with Gasteiger partial charge in [-0.15, -0.1) is 0 Å². The summed E-state index contributed by atoms with van der Waals surface area (Å²) >= 11 is 1.87. The molecule has 1 N–H and O–H groups in total. The van der Waals surface area contributed by atoms with Crippen LogP contribution >= 0.6 is 11.8 Å². The normalized spacial score (nSPS) is 11.5. The van der Waals surface area contributed by atoms with Crippen molar-refractivity contribution in [2.45, 2.75) is 4.90 Å². The quantitative estimate of drug-likeness (QED) is 0.675. The minimum absolute atomic E-state index is 0.134. The molecular formula is C15H14OSSe. The van der Waals surface area contributed by atoms with Crippen LogP contribution in [0.4, 0.5) is 0 Å². The number of hydrogen-bond acceptors (Lipinski definition) is 2. The van der Waals surface area contributed by atoms with Crippen LogP contribution in [0.5, 0.6) is 0 Å². The summed E-state index contributed by atoms with van der Waals surface area (Å²) in [5.74, 6) is 0. The SMILES string of the molecule is OC/C(=C/Sc1ccccc1)[Se]c1ccccc1. The molecule has 3 heteroatoms. The molecule has 0 aliphatic heterocycles. The molecule has 0 saturated heterocycles. The van der Waals surface area contributed by atoms with Gasteiger partial charge in [-0.1, -0.05) is 0 Å². The Hall–Kier alpha value is -0.991. The molecule has 0 unspecified atom stereocenters. The Kier molecular flexibility index (Phi) is 5.56. The molecule has 2 aromatic carbocycles. The molecule has 0 fully saturated rings. The van der Waals surface area contributed by atoms with Crippen LogP contribution < -0.4 is 4.46 Å². The average Bonchev–Trinajstić information content (AvgIpc) is 2.45. The molecule has 0 aliphatic rings. The molecule has 0 spiro atoms. The van der Waals surface area contributed by atoms with E-state index in [0.717, 1.165) is 4.47 Å². The molecule has 0 aliphatic carbocycles. The predicted octanol–water partition coefficient (Wildman–Crippen LogP) is 2.64. The van der Waals surface area contributed by atoms with E-state index in [1.807, 2.05) is 36.4 Å². The first-order valence-electron chi connectivity index (χ1n) is 5.63. The Labute approximate surface area is 118 Å². The van der Waals surface area contributed by atoms with Crippen molar-refractivity contribution in [3.05, 3.63) is 70.5 Å². The van der Waals surface area contributed by atoms with Gasteiger partial charge in [-0.2, -0.15) is 0 Å². The fraction of sp³-hybridized carbons (Fsp3) is 0.0667. The summed E-state index contributed by atoms with van der Waals surface area (Å²) in [6.45, 7) is 0.134. The van der Waals surface area contributed by atoms with E-state index in [-0.39, 0.29) is 21.6 Å². The molecule has 2 rings (SSSR count). The van der Waals surface area contributed by atoms with Gasteiger partial charge in [-0.25, -0.2) is 0 Å². The molecule has 2 aromatic rings. The Bertz CT molecular complexity index is 496. The molecule has 0 radical (unpaired) electrons. The van der Waals surface area contributed by atoms with E-state index in [0.29, 0.717) is 0 Å². The molecule has 92 valence electrons. The average molecular weight is 321 g/mol. The monoisotopic (exact) mass is 322 g/mol. The third-order valence-electron chi connectivity index (χ3n) is 2.22. The van der Waals surface area contributed by atoms with Gasteiger partial charge in [0.2, 0.25) is 0 Å². The second-order valence-corrected chi connectivity index (χ2v) is 7.05. The number of aliphatic hydroxyl groups excluding tert-OH is 1. The van der Waals surface area contributed by atoms with E-state index in [1.54, 1.807) is 11.8 Å². The standard InChI is InChI=1S/C15H14OSSe/c16-11-15(18-14-9-5-2-6-10-14)12-17-13-7-3-1-4-8-13/h1-10,12,16H,11H2/b15-12-. The van der Waals surface area contributed by atoms with Gasteiger partial charge in [0.25, 0.3) is 0 Å². The van der Waals surface area contributed by atoms with Crippen molar-refractivity contribution < 1.29 is 5.11 Å². The zero-order valence-corrected chi connectivity index (χ0v) is 12.4. The Morgan fingerprint density at radius 3 is 2.22 bits per heavy atom. The Balaban J connectivity index is 2.00. The zero-order chi connectivity index (χ0) is 12.6. The fourth-order valence-corrected chi connectivity index (χ4v) is 4.06. The van der Waals surface area contributed by atoms with E-state index >= 15 is 0 Å². The van der Waals surface area contributed by atoms with E-state index in [1.165, 1.54) is 9.36 Å². The number of hydrogen-bond donors (Lipinski definition) is 1. The molecule has 0 aromatic heterocycles. The molecule has 0 amide bonds. The summed E-state index contributed by atoms with van der Waals surface area (Å²) in [6, 6.07) is 20.5. The molecular weight excluding hydrogens is 307 g/mol. The van der Waals surface area contributed by atoms with Crippen molar-refractivity contribution in [2.75, 3.05) is 6.61 Å². The fourth-order valence-electron chi connectivity index (χ4n) is 1.37. The van der Waals surface area contributed by atoms with Crippen molar-refractivity contribution in [3.63, 3.8) is 0 Å². The second-order valence-electron chi connectivity index (χ2n) is 3.59. The van der Waals surface area contributed by atoms with Crippen molar-refractivity contribution >= 4 is 31.2 Å². The first-order valence-corrected chi connectivity index (χ1v) is 8.22. The molecule has 0 atom stereocenters. The molecule has 0 heterocycles. The van der Waals surface area contributed by atoms with E-state index in [4.69, 9.17) is 0 Å². The maximum atomic E-state index is 9.40. The van der Waals surface area contributed by atoms with Crippen molar-refractivity contribution in [1.29, 1.82) is 0 Å². The molecule has 0 saturated carbocycles. The van der Waals surface area contributed by atoms with Crippen LogP contribution in [0.25, 0.3) is 0 Å². The molecule has 18 heavy (non-hydrogen) atoms. The van der Waals surface area contributed by atoms with Gasteiger partial charge in [-0.3, -0.25) is 0 Å². The van der Waals surface area contributed by atoms with Gasteiger partial charge in [0.05, 0.1) is 0 Å². The maximum absolute atomic E-state index is 9.40. The van der Waals surface area contributed by atoms with Crippen molar-refractivity contribution in [2.24, 2.45) is 0 Å². The molecule has 0 bridgehead atoms. The van der Waals surface area contributed by atoms with E-state index in [2.05, 4.69) is 29.7 Å².